The average molecular weight is 616 g/mol. The van der Waals surface area contributed by atoms with E-state index in [0.29, 0.717) is 51.0 Å². The molecule has 0 bridgehead atoms. The minimum absolute atomic E-state index is 0.428. The quantitative estimate of drug-likeness (QED) is 0.171. The number of hydrogen-bond donors (Lipinski definition) is 0. The highest BCUT2D eigenvalue weighted by Gasteiger charge is 2.16. The standard InChI is InChI=1S/C39H21N9/c1-42-36-13-16-45-24-35(36)27-7-4-10-30(19-27)39-47-37(28-8-2-5-25(17-28)33-22-43-14-11-31(33)20-40)46-38(48-39)29-9-3-6-26(18-29)34-23-44-15-12-32(34)21-41/h2-19,22-24H. The molecule has 4 heterocycles. The fourth-order valence-electron chi connectivity index (χ4n) is 5.39. The van der Waals surface area contributed by atoms with E-state index < -0.39 is 0 Å². The van der Waals surface area contributed by atoms with Crippen molar-refractivity contribution in [3.63, 3.8) is 0 Å². The van der Waals surface area contributed by atoms with Crippen molar-refractivity contribution in [2.45, 2.75) is 0 Å². The summed E-state index contributed by atoms with van der Waals surface area (Å²) in [6.45, 7) is 7.63. The second kappa shape index (κ2) is 12.9. The molecule has 0 saturated heterocycles. The maximum atomic E-state index is 9.71. The lowest BCUT2D eigenvalue weighted by Crippen LogP contribution is -2.01. The maximum absolute atomic E-state index is 9.71. The van der Waals surface area contributed by atoms with Crippen molar-refractivity contribution in [1.29, 1.82) is 10.5 Å². The average Bonchev–Trinajstić information content (AvgIpc) is 3.17. The SMILES string of the molecule is [C-]#[N+]c1ccncc1-c1cccc(-c2nc(-c3cccc(-c4cnccc4C#N)c3)nc(-c3cccc(-c4cnccc4C#N)c3)n2)c1. The van der Waals surface area contributed by atoms with Gasteiger partial charge < -0.3 is 0 Å². The number of nitrogens with zero attached hydrogens (tertiary/aromatic N) is 9. The van der Waals surface area contributed by atoms with Crippen LogP contribution in [0.3, 0.4) is 0 Å². The Hall–Kier alpha value is -7.41. The Bertz CT molecular complexity index is 2180. The molecule has 0 aliphatic carbocycles. The number of rotatable bonds is 6. The van der Waals surface area contributed by atoms with Crippen molar-refractivity contribution in [1.82, 2.24) is 29.9 Å². The van der Waals surface area contributed by atoms with E-state index in [0.717, 1.165) is 33.4 Å². The van der Waals surface area contributed by atoms with Crippen molar-refractivity contribution in [3.8, 4) is 79.7 Å². The van der Waals surface area contributed by atoms with Gasteiger partial charge in [0.2, 0.25) is 0 Å². The summed E-state index contributed by atoms with van der Waals surface area (Å²) in [5.41, 5.74) is 8.19. The molecule has 7 rings (SSSR count). The molecule has 4 aromatic heterocycles. The molecule has 9 heteroatoms. The number of nitriles is 2. The third-order valence-electron chi connectivity index (χ3n) is 7.73. The van der Waals surface area contributed by atoms with Crippen molar-refractivity contribution in [2.75, 3.05) is 0 Å². The highest BCUT2D eigenvalue weighted by Crippen LogP contribution is 2.34. The number of benzene rings is 3. The molecule has 0 N–H and O–H groups in total. The number of hydrogen-bond acceptors (Lipinski definition) is 8. The summed E-state index contributed by atoms with van der Waals surface area (Å²) in [4.78, 5) is 31.2. The molecule has 48 heavy (non-hydrogen) atoms. The molecule has 0 unspecified atom stereocenters. The van der Waals surface area contributed by atoms with E-state index in [4.69, 9.17) is 21.5 Å². The fraction of sp³-hybridized carbons (Fsp3) is 0. The van der Waals surface area contributed by atoms with Crippen molar-refractivity contribution < 1.29 is 0 Å². The van der Waals surface area contributed by atoms with Gasteiger partial charge in [0, 0.05) is 70.6 Å². The van der Waals surface area contributed by atoms with Gasteiger partial charge in [-0.2, -0.15) is 10.5 Å². The zero-order chi connectivity index (χ0) is 32.9. The minimum atomic E-state index is 0.428. The zero-order valence-corrected chi connectivity index (χ0v) is 25.1. The van der Waals surface area contributed by atoms with Crippen molar-refractivity contribution in [3.05, 3.63) is 151 Å². The summed E-state index contributed by atoms with van der Waals surface area (Å²) in [5.74, 6) is 1.29. The van der Waals surface area contributed by atoms with Crippen molar-refractivity contribution >= 4 is 5.69 Å². The van der Waals surface area contributed by atoms with Gasteiger partial charge in [-0.15, -0.1) is 0 Å². The predicted octanol–water partition coefficient (Wildman–Crippen LogP) is 8.35. The second-order valence-corrected chi connectivity index (χ2v) is 10.6. The van der Waals surface area contributed by atoms with Gasteiger partial charge in [0.1, 0.15) is 0 Å². The van der Waals surface area contributed by atoms with Crippen LogP contribution >= 0.6 is 0 Å². The van der Waals surface area contributed by atoms with Crippen LogP contribution in [0.2, 0.25) is 0 Å². The Morgan fingerprint density at radius 2 is 0.854 bits per heavy atom. The molecule has 3 aromatic carbocycles. The molecule has 0 fully saturated rings. The monoisotopic (exact) mass is 615 g/mol. The van der Waals surface area contributed by atoms with Crippen LogP contribution in [0.15, 0.2) is 128 Å². The first-order valence-electron chi connectivity index (χ1n) is 14.7. The van der Waals surface area contributed by atoms with Gasteiger partial charge >= 0.3 is 0 Å². The smallest absolute Gasteiger partial charge is 0.197 e. The Labute approximate surface area is 276 Å². The van der Waals surface area contributed by atoms with E-state index in [-0.39, 0.29) is 0 Å². The van der Waals surface area contributed by atoms with Crippen LogP contribution in [-0.2, 0) is 0 Å². The van der Waals surface area contributed by atoms with Crippen LogP contribution in [0.25, 0.3) is 72.4 Å². The van der Waals surface area contributed by atoms with E-state index >= 15 is 0 Å². The Balaban J connectivity index is 1.41. The summed E-state index contributed by atoms with van der Waals surface area (Å²) in [7, 11) is 0. The van der Waals surface area contributed by atoms with E-state index in [1.165, 1.54) is 0 Å². The molecule has 0 saturated carbocycles. The summed E-state index contributed by atoms with van der Waals surface area (Å²) in [6, 6.07) is 32.5. The molecule has 0 radical (unpaired) electrons. The van der Waals surface area contributed by atoms with Gasteiger partial charge in [0.05, 0.1) is 29.8 Å². The minimum Gasteiger partial charge on any atom is -0.267 e. The van der Waals surface area contributed by atoms with E-state index in [1.54, 1.807) is 55.4 Å². The lowest BCUT2D eigenvalue weighted by Gasteiger charge is -2.12. The van der Waals surface area contributed by atoms with E-state index in [2.05, 4.69) is 31.9 Å². The summed E-state index contributed by atoms with van der Waals surface area (Å²) in [6.07, 6.45) is 9.80. The molecule has 9 nitrogen and oxygen atoms in total. The summed E-state index contributed by atoms with van der Waals surface area (Å²) < 4.78 is 0. The third kappa shape index (κ3) is 5.73. The summed E-state index contributed by atoms with van der Waals surface area (Å²) >= 11 is 0. The first kappa shape index (κ1) is 29.3. The van der Waals surface area contributed by atoms with Gasteiger partial charge in [-0.05, 0) is 53.1 Å². The van der Waals surface area contributed by atoms with Crippen LogP contribution in [0.5, 0.6) is 0 Å². The number of aromatic nitrogens is 6. The molecule has 7 aromatic rings. The van der Waals surface area contributed by atoms with Gasteiger partial charge in [0.25, 0.3) is 0 Å². The normalized spacial score (nSPS) is 10.4. The van der Waals surface area contributed by atoms with Crippen LogP contribution in [-0.4, -0.2) is 29.9 Å². The van der Waals surface area contributed by atoms with Gasteiger partial charge in [-0.3, -0.25) is 15.0 Å². The largest absolute Gasteiger partial charge is 0.267 e. The Morgan fingerprint density at radius 3 is 1.27 bits per heavy atom. The summed E-state index contributed by atoms with van der Waals surface area (Å²) in [5, 5.41) is 19.4. The van der Waals surface area contributed by atoms with Crippen molar-refractivity contribution in [2.24, 2.45) is 0 Å². The Morgan fingerprint density at radius 1 is 0.479 bits per heavy atom. The first-order valence-corrected chi connectivity index (χ1v) is 14.7. The maximum Gasteiger partial charge on any atom is 0.197 e. The molecule has 0 atom stereocenters. The molecule has 0 aliphatic heterocycles. The van der Waals surface area contributed by atoms with Crippen LogP contribution in [0, 0.1) is 29.2 Å². The highest BCUT2D eigenvalue weighted by atomic mass is 15.0. The fourth-order valence-corrected chi connectivity index (χ4v) is 5.39. The van der Waals surface area contributed by atoms with Gasteiger partial charge in [-0.25, -0.2) is 19.8 Å². The molecule has 0 aliphatic rings. The first-order chi connectivity index (χ1) is 23.6. The zero-order valence-electron chi connectivity index (χ0n) is 25.1. The van der Waals surface area contributed by atoms with E-state index in [9.17, 15) is 10.5 Å². The molecule has 0 amide bonds. The van der Waals surface area contributed by atoms with E-state index in [1.807, 2.05) is 72.8 Å². The van der Waals surface area contributed by atoms with Crippen LogP contribution in [0.1, 0.15) is 11.1 Å². The van der Waals surface area contributed by atoms with Crippen LogP contribution < -0.4 is 0 Å². The van der Waals surface area contributed by atoms with Gasteiger partial charge in [-0.1, -0.05) is 54.6 Å². The topological polar surface area (TPSA) is 129 Å². The second-order valence-electron chi connectivity index (χ2n) is 10.6. The lowest BCUT2D eigenvalue weighted by molar-refractivity contribution is 1.07. The lowest BCUT2D eigenvalue weighted by atomic mass is 10.00. The molecule has 0 spiro atoms. The third-order valence-corrected chi connectivity index (χ3v) is 7.73. The molecular weight excluding hydrogens is 594 g/mol. The van der Waals surface area contributed by atoms with Crippen LogP contribution in [0.4, 0.5) is 5.69 Å². The number of pyridine rings is 3. The predicted molar refractivity (Wildman–Crippen MR) is 182 cm³/mol. The van der Waals surface area contributed by atoms with Gasteiger partial charge in [0.15, 0.2) is 23.2 Å². The Kier molecular flexibility index (Phi) is 7.88. The molecule has 222 valence electrons. The highest BCUT2D eigenvalue weighted by molar-refractivity contribution is 5.81. The molecular formula is C39H21N9.